The lowest BCUT2D eigenvalue weighted by Crippen LogP contribution is -2.04. The normalized spacial score (nSPS) is 12.6. The van der Waals surface area contributed by atoms with E-state index in [9.17, 15) is 5.11 Å². The van der Waals surface area contributed by atoms with E-state index in [-0.39, 0.29) is 0 Å². The van der Waals surface area contributed by atoms with Crippen LogP contribution in [-0.4, -0.2) is 26.0 Å². The van der Waals surface area contributed by atoms with Crippen LogP contribution in [0.15, 0.2) is 35.7 Å². The van der Waals surface area contributed by atoms with Gasteiger partial charge in [0.15, 0.2) is 5.16 Å². The first-order valence-corrected chi connectivity index (χ1v) is 5.76. The average Bonchev–Trinajstić information content (AvgIpc) is 2.79. The summed E-state index contributed by atoms with van der Waals surface area (Å²) in [6.07, 6.45) is 0.835. The van der Waals surface area contributed by atoms with Crippen LogP contribution < -0.4 is 5.73 Å². The summed E-state index contributed by atoms with van der Waals surface area (Å²) in [6.45, 7) is 0. The van der Waals surface area contributed by atoms with Gasteiger partial charge in [0.1, 0.15) is 6.33 Å². The summed E-state index contributed by atoms with van der Waals surface area (Å²) in [7, 11) is 0. The number of H-pyrrole nitrogens is 1. The minimum absolute atomic E-state index is 0.489. The molecule has 6 heteroatoms. The van der Waals surface area contributed by atoms with Gasteiger partial charge in [-0.05, 0) is 6.07 Å². The highest BCUT2D eigenvalue weighted by Gasteiger charge is 2.11. The summed E-state index contributed by atoms with van der Waals surface area (Å²) in [6, 6.07) is 7.29. The standard InChI is InChI=1S/C10H12N4OS/c11-8-4-2-1-3-7(8)9(15)5-16-10-12-6-13-14-10/h1-4,6,9,15H,5,11H2,(H,12,13,14). The van der Waals surface area contributed by atoms with Crippen LogP contribution in [0.2, 0.25) is 0 Å². The Balaban J connectivity index is 1.98. The van der Waals surface area contributed by atoms with Crippen LogP contribution >= 0.6 is 11.8 Å². The average molecular weight is 236 g/mol. The fourth-order valence-electron chi connectivity index (χ4n) is 1.33. The number of hydrogen-bond donors (Lipinski definition) is 3. The third-order valence-corrected chi connectivity index (χ3v) is 3.08. The number of para-hydroxylation sites is 1. The summed E-state index contributed by atoms with van der Waals surface area (Å²) in [5.74, 6) is 0.489. The van der Waals surface area contributed by atoms with E-state index in [2.05, 4.69) is 15.2 Å². The van der Waals surface area contributed by atoms with Gasteiger partial charge in [-0.1, -0.05) is 30.0 Å². The molecule has 0 amide bonds. The Morgan fingerprint density at radius 1 is 1.44 bits per heavy atom. The van der Waals surface area contributed by atoms with Crippen molar-refractivity contribution in [2.75, 3.05) is 11.5 Å². The zero-order valence-corrected chi connectivity index (χ0v) is 9.31. The number of nitrogen functional groups attached to an aromatic ring is 1. The van der Waals surface area contributed by atoms with Crippen LogP contribution in [0.25, 0.3) is 0 Å². The van der Waals surface area contributed by atoms with E-state index >= 15 is 0 Å². The molecule has 4 N–H and O–H groups in total. The molecule has 1 atom stereocenters. The lowest BCUT2D eigenvalue weighted by atomic mass is 10.1. The molecule has 1 aromatic carbocycles. The SMILES string of the molecule is Nc1ccccc1C(O)CSc1ncn[nH]1. The maximum absolute atomic E-state index is 9.94. The van der Waals surface area contributed by atoms with E-state index in [1.165, 1.54) is 18.1 Å². The van der Waals surface area contributed by atoms with Gasteiger partial charge in [-0.15, -0.1) is 0 Å². The zero-order chi connectivity index (χ0) is 11.4. The molecular weight excluding hydrogens is 224 g/mol. The number of aliphatic hydroxyl groups excluding tert-OH is 1. The van der Waals surface area contributed by atoms with Crippen molar-refractivity contribution in [1.29, 1.82) is 0 Å². The number of anilines is 1. The lowest BCUT2D eigenvalue weighted by Gasteiger charge is -2.11. The molecule has 0 aliphatic carbocycles. The summed E-state index contributed by atoms with van der Waals surface area (Å²) in [5.41, 5.74) is 7.12. The molecule has 0 spiro atoms. The van der Waals surface area contributed by atoms with Crippen molar-refractivity contribution in [2.24, 2.45) is 0 Å². The quantitative estimate of drug-likeness (QED) is 0.548. The Labute approximate surface area is 97.1 Å². The van der Waals surface area contributed by atoms with E-state index in [0.717, 1.165) is 5.56 Å². The monoisotopic (exact) mass is 236 g/mol. The highest BCUT2D eigenvalue weighted by Crippen LogP contribution is 2.25. The van der Waals surface area contributed by atoms with E-state index in [1.54, 1.807) is 6.07 Å². The number of aromatic nitrogens is 3. The molecule has 0 saturated carbocycles. The highest BCUT2D eigenvalue weighted by molar-refractivity contribution is 7.99. The molecule has 0 saturated heterocycles. The Morgan fingerprint density at radius 3 is 2.94 bits per heavy atom. The molecule has 0 aliphatic heterocycles. The predicted molar refractivity (Wildman–Crippen MR) is 62.9 cm³/mol. The minimum atomic E-state index is -0.601. The van der Waals surface area contributed by atoms with Gasteiger partial charge in [-0.2, -0.15) is 5.10 Å². The fourth-order valence-corrected chi connectivity index (χ4v) is 2.06. The maximum Gasteiger partial charge on any atom is 0.183 e. The van der Waals surface area contributed by atoms with Gasteiger partial charge < -0.3 is 10.8 Å². The zero-order valence-electron chi connectivity index (χ0n) is 8.50. The second-order valence-corrected chi connectivity index (χ2v) is 4.26. The number of aromatic amines is 1. The Kier molecular flexibility index (Phi) is 3.43. The number of benzene rings is 1. The molecule has 0 bridgehead atoms. The number of nitrogens with zero attached hydrogens (tertiary/aromatic N) is 2. The van der Waals surface area contributed by atoms with Crippen molar-refractivity contribution in [1.82, 2.24) is 15.2 Å². The molecule has 1 unspecified atom stereocenters. The first kappa shape index (κ1) is 11.0. The van der Waals surface area contributed by atoms with Crippen molar-refractivity contribution < 1.29 is 5.11 Å². The van der Waals surface area contributed by atoms with Gasteiger partial charge in [0.2, 0.25) is 0 Å². The van der Waals surface area contributed by atoms with E-state index in [4.69, 9.17) is 5.73 Å². The largest absolute Gasteiger partial charge is 0.398 e. The lowest BCUT2D eigenvalue weighted by molar-refractivity contribution is 0.205. The molecule has 1 aromatic heterocycles. The number of nitrogens with two attached hydrogens (primary N) is 1. The molecular formula is C10H12N4OS. The van der Waals surface area contributed by atoms with Crippen molar-refractivity contribution in [3.63, 3.8) is 0 Å². The van der Waals surface area contributed by atoms with Gasteiger partial charge in [-0.25, -0.2) is 4.98 Å². The number of rotatable bonds is 4. The molecule has 5 nitrogen and oxygen atoms in total. The van der Waals surface area contributed by atoms with Crippen LogP contribution in [0.3, 0.4) is 0 Å². The fraction of sp³-hybridized carbons (Fsp3) is 0.200. The molecule has 16 heavy (non-hydrogen) atoms. The first-order valence-electron chi connectivity index (χ1n) is 4.78. The number of hydrogen-bond acceptors (Lipinski definition) is 5. The number of thioether (sulfide) groups is 1. The second kappa shape index (κ2) is 5.00. The molecule has 84 valence electrons. The van der Waals surface area contributed by atoms with Crippen molar-refractivity contribution in [3.8, 4) is 0 Å². The van der Waals surface area contributed by atoms with Crippen LogP contribution in [0.5, 0.6) is 0 Å². The summed E-state index contributed by atoms with van der Waals surface area (Å²) >= 11 is 1.40. The van der Waals surface area contributed by atoms with Gasteiger partial charge in [-0.3, -0.25) is 5.10 Å². The van der Waals surface area contributed by atoms with E-state index < -0.39 is 6.10 Å². The third-order valence-electron chi connectivity index (χ3n) is 2.13. The molecule has 0 aliphatic rings. The highest BCUT2D eigenvalue weighted by atomic mass is 32.2. The minimum Gasteiger partial charge on any atom is -0.398 e. The van der Waals surface area contributed by atoms with Crippen molar-refractivity contribution in [3.05, 3.63) is 36.2 Å². The molecule has 0 radical (unpaired) electrons. The second-order valence-electron chi connectivity index (χ2n) is 3.25. The Bertz CT molecular complexity index is 446. The third kappa shape index (κ3) is 2.53. The van der Waals surface area contributed by atoms with Crippen LogP contribution in [0.4, 0.5) is 5.69 Å². The van der Waals surface area contributed by atoms with Gasteiger partial charge >= 0.3 is 0 Å². The first-order chi connectivity index (χ1) is 7.77. The Hall–Kier alpha value is -1.53. The molecule has 2 aromatic rings. The predicted octanol–water partition coefficient (Wildman–Crippen LogP) is 1.21. The summed E-state index contributed by atoms with van der Waals surface area (Å²) < 4.78 is 0. The van der Waals surface area contributed by atoms with Crippen LogP contribution in [0.1, 0.15) is 11.7 Å². The smallest absolute Gasteiger partial charge is 0.183 e. The van der Waals surface area contributed by atoms with Crippen molar-refractivity contribution in [2.45, 2.75) is 11.3 Å². The number of nitrogens with one attached hydrogen (secondary N) is 1. The van der Waals surface area contributed by atoms with Gasteiger partial charge in [0.05, 0.1) is 6.10 Å². The van der Waals surface area contributed by atoms with E-state index in [0.29, 0.717) is 16.6 Å². The molecule has 0 fully saturated rings. The van der Waals surface area contributed by atoms with Gasteiger partial charge in [0.25, 0.3) is 0 Å². The summed E-state index contributed by atoms with van der Waals surface area (Å²) in [5, 5.41) is 17.1. The van der Waals surface area contributed by atoms with Crippen LogP contribution in [0, 0.1) is 0 Å². The van der Waals surface area contributed by atoms with Crippen molar-refractivity contribution >= 4 is 17.4 Å². The summed E-state index contributed by atoms with van der Waals surface area (Å²) in [4.78, 5) is 3.96. The topological polar surface area (TPSA) is 87.8 Å². The Morgan fingerprint density at radius 2 is 2.25 bits per heavy atom. The van der Waals surface area contributed by atoms with Gasteiger partial charge in [0, 0.05) is 17.0 Å². The molecule has 1 heterocycles. The number of aliphatic hydroxyl groups is 1. The molecule has 2 rings (SSSR count). The maximum atomic E-state index is 9.94. The van der Waals surface area contributed by atoms with Crippen LogP contribution in [-0.2, 0) is 0 Å². The van der Waals surface area contributed by atoms with E-state index in [1.807, 2.05) is 18.2 Å².